The first kappa shape index (κ1) is 23.7. The standard InChI is InChI=1S/C27H25N3O5/c1-17-12-18(2)14-20(13-17)35-16-24(31)28-29-25(32)23(15-19-8-4-3-5-9-19)30-26(33)21-10-6-7-11-22(21)27(30)34/h3-14,23H,15-16H2,1-2H3,(H,28,31)(H,29,32)/t23-/m0/s1. The number of amides is 4. The number of ether oxygens (including phenoxy) is 1. The summed E-state index contributed by atoms with van der Waals surface area (Å²) in [6, 6.07) is 19.9. The molecule has 8 nitrogen and oxygen atoms in total. The Bertz CT molecular complexity index is 1230. The maximum absolute atomic E-state index is 13.1. The third-order valence-electron chi connectivity index (χ3n) is 5.60. The fraction of sp³-hybridized carbons (Fsp3) is 0.185. The molecule has 0 aliphatic carbocycles. The smallest absolute Gasteiger partial charge is 0.276 e. The Hall–Kier alpha value is -4.46. The highest BCUT2D eigenvalue weighted by Crippen LogP contribution is 2.26. The molecule has 1 aliphatic heterocycles. The SMILES string of the molecule is Cc1cc(C)cc(OCC(=O)NNC(=O)[C@H](Cc2ccccc2)N2C(=O)c3ccccc3C2=O)c1. The monoisotopic (exact) mass is 471 g/mol. The fourth-order valence-corrected chi connectivity index (χ4v) is 4.05. The zero-order valence-electron chi connectivity index (χ0n) is 19.4. The van der Waals surface area contributed by atoms with E-state index in [4.69, 9.17) is 4.74 Å². The number of hydrogen-bond donors (Lipinski definition) is 2. The third kappa shape index (κ3) is 5.38. The number of nitrogens with one attached hydrogen (secondary N) is 2. The number of hydrogen-bond acceptors (Lipinski definition) is 5. The lowest BCUT2D eigenvalue weighted by Gasteiger charge is -2.25. The summed E-state index contributed by atoms with van der Waals surface area (Å²) in [5, 5.41) is 0. The summed E-state index contributed by atoms with van der Waals surface area (Å²) in [5.41, 5.74) is 7.90. The molecule has 0 aromatic heterocycles. The third-order valence-corrected chi connectivity index (χ3v) is 5.60. The van der Waals surface area contributed by atoms with Crippen molar-refractivity contribution in [3.05, 3.63) is 101 Å². The second kappa shape index (κ2) is 10.2. The molecule has 35 heavy (non-hydrogen) atoms. The molecule has 0 radical (unpaired) electrons. The van der Waals surface area contributed by atoms with E-state index >= 15 is 0 Å². The molecular weight excluding hydrogens is 446 g/mol. The highest BCUT2D eigenvalue weighted by molar-refractivity contribution is 6.22. The average molecular weight is 472 g/mol. The van der Waals surface area contributed by atoms with Crippen molar-refractivity contribution in [3.8, 4) is 5.75 Å². The number of nitrogens with zero attached hydrogens (tertiary/aromatic N) is 1. The van der Waals surface area contributed by atoms with Gasteiger partial charge in [-0.2, -0.15) is 0 Å². The van der Waals surface area contributed by atoms with Crippen LogP contribution in [-0.4, -0.2) is 41.2 Å². The van der Waals surface area contributed by atoms with Gasteiger partial charge in [-0.1, -0.05) is 48.5 Å². The maximum atomic E-state index is 13.1. The first-order valence-corrected chi connectivity index (χ1v) is 11.1. The van der Waals surface area contributed by atoms with E-state index in [0.29, 0.717) is 5.75 Å². The number of imide groups is 1. The molecule has 178 valence electrons. The molecule has 1 heterocycles. The van der Waals surface area contributed by atoms with E-state index in [2.05, 4.69) is 10.9 Å². The minimum absolute atomic E-state index is 0.0904. The van der Waals surface area contributed by atoms with Crippen molar-refractivity contribution in [3.63, 3.8) is 0 Å². The van der Waals surface area contributed by atoms with Crippen LogP contribution in [-0.2, 0) is 16.0 Å². The molecule has 3 aromatic carbocycles. The number of aryl methyl sites for hydroxylation is 2. The number of carbonyl (C=O) groups is 4. The molecule has 0 unspecified atom stereocenters. The van der Waals surface area contributed by atoms with Gasteiger partial charge < -0.3 is 4.74 Å². The van der Waals surface area contributed by atoms with Crippen molar-refractivity contribution in [2.24, 2.45) is 0 Å². The van der Waals surface area contributed by atoms with Crippen LogP contribution in [0.3, 0.4) is 0 Å². The van der Waals surface area contributed by atoms with Crippen LogP contribution in [0.15, 0.2) is 72.8 Å². The molecule has 1 aliphatic rings. The quantitative estimate of drug-likeness (QED) is 0.407. The predicted molar refractivity (Wildman–Crippen MR) is 129 cm³/mol. The second-order valence-corrected chi connectivity index (χ2v) is 8.38. The lowest BCUT2D eigenvalue weighted by Crippen LogP contribution is -2.55. The highest BCUT2D eigenvalue weighted by atomic mass is 16.5. The van der Waals surface area contributed by atoms with Crippen LogP contribution in [0.4, 0.5) is 0 Å². The number of carbonyl (C=O) groups excluding carboxylic acids is 4. The normalized spacial score (nSPS) is 13.3. The van der Waals surface area contributed by atoms with Crippen LogP contribution in [0.2, 0.25) is 0 Å². The summed E-state index contributed by atoms with van der Waals surface area (Å²) in [5.74, 6) is -1.84. The molecule has 0 saturated heterocycles. The molecular formula is C27H25N3O5. The molecule has 2 N–H and O–H groups in total. The number of fused-ring (bicyclic) bond motifs is 1. The molecule has 4 rings (SSSR count). The van der Waals surface area contributed by atoms with Crippen LogP contribution in [0.5, 0.6) is 5.75 Å². The zero-order valence-corrected chi connectivity index (χ0v) is 19.4. The Balaban J connectivity index is 1.45. The molecule has 0 spiro atoms. The second-order valence-electron chi connectivity index (χ2n) is 8.38. The van der Waals surface area contributed by atoms with E-state index < -0.39 is 29.7 Å². The molecule has 0 bridgehead atoms. The highest BCUT2D eigenvalue weighted by Gasteiger charge is 2.42. The minimum Gasteiger partial charge on any atom is -0.484 e. The zero-order chi connectivity index (χ0) is 24.9. The van der Waals surface area contributed by atoms with Gasteiger partial charge in [0, 0.05) is 6.42 Å². The fourth-order valence-electron chi connectivity index (χ4n) is 4.05. The summed E-state index contributed by atoms with van der Waals surface area (Å²) in [6.45, 7) is 3.53. The summed E-state index contributed by atoms with van der Waals surface area (Å²) < 4.78 is 5.51. The van der Waals surface area contributed by atoms with E-state index in [1.54, 1.807) is 60.7 Å². The van der Waals surface area contributed by atoms with Gasteiger partial charge in [-0.25, -0.2) is 0 Å². The first-order valence-electron chi connectivity index (χ1n) is 11.1. The first-order chi connectivity index (χ1) is 16.8. The number of benzene rings is 3. The molecule has 8 heteroatoms. The topological polar surface area (TPSA) is 105 Å². The average Bonchev–Trinajstić information content (AvgIpc) is 3.10. The van der Waals surface area contributed by atoms with Gasteiger partial charge in [-0.15, -0.1) is 0 Å². The molecule has 4 amide bonds. The van der Waals surface area contributed by atoms with Crippen molar-refractivity contribution >= 4 is 23.6 Å². The van der Waals surface area contributed by atoms with Crippen LogP contribution >= 0.6 is 0 Å². The lowest BCUT2D eigenvalue weighted by molar-refractivity contribution is -0.132. The molecule has 3 aromatic rings. The van der Waals surface area contributed by atoms with Crippen molar-refractivity contribution in [2.75, 3.05) is 6.61 Å². The summed E-state index contributed by atoms with van der Waals surface area (Å²) in [4.78, 5) is 52.4. The van der Waals surface area contributed by atoms with Gasteiger partial charge >= 0.3 is 0 Å². The maximum Gasteiger partial charge on any atom is 0.276 e. The van der Waals surface area contributed by atoms with E-state index in [0.717, 1.165) is 21.6 Å². The number of hydrazine groups is 1. The van der Waals surface area contributed by atoms with Gasteiger partial charge in [0.05, 0.1) is 11.1 Å². The Morgan fingerprint density at radius 3 is 2.00 bits per heavy atom. The number of rotatable bonds is 7. The van der Waals surface area contributed by atoms with Gasteiger partial charge in [0.25, 0.3) is 23.6 Å². The van der Waals surface area contributed by atoms with Crippen LogP contribution in [0.25, 0.3) is 0 Å². The lowest BCUT2D eigenvalue weighted by atomic mass is 10.0. The van der Waals surface area contributed by atoms with Crippen LogP contribution < -0.4 is 15.6 Å². The molecule has 1 atom stereocenters. The van der Waals surface area contributed by atoms with E-state index in [1.165, 1.54) is 0 Å². The van der Waals surface area contributed by atoms with Gasteiger partial charge in [0.1, 0.15) is 11.8 Å². The van der Waals surface area contributed by atoms with E-state index in [-0.39, 0.29) is 24.2 Å². The van der Waals surface area contributed by atoms with Crippen molar-refractivity contribution < 1.29 is 23.9 Å². The Morgan fingerprint density at radius 1 is 0.829 bits per heavy atom. The van der Waals surface area contributed by atoms with Crippen molar-refractivity contribution in [1.82, 2.24) is 15.8 Å². The van der Waals surface area contributed by atoms with Gasteiger partial charge in [-0.05, 0) is 54.8 Å². The Kier molecular flexibility index (Phi) is 6.91. The summed E-state index contributed by atoms with van der Waals surface area (Å²) in [7, 11) is 0. The van der Waals surface area contributed by atoms with Gasteiger partial charge in [0.15, 0.2) is 6.61 Å². The van der Waals surface area contributed by atoms with Crippen molar-refractivity contribution in [2.45, 2.75) is 26.3 Å². The largest absolute Gasteiger partial charge is 0.484 e. The minimum atomic E-state index is -1.16. The van der Waals surface area contributed by atoms with Gasteiger partial charge in [-0.3, -0.25) is 34.9 Å². The van der Waals surface area contributed by atoms with Crippen LogP contribution in [0.1, 0.15) is 37.4 Å². The van der Waals surface area contributed by atoms with Gasteiger partial charge in [0.2, 0.25) is 0 Å². The van der Waals surface area contributed by atoms with E-state index in [1.807, 2.05) is 26.0 Å². The molecule has 0 saturated carbocycles. The molecule has 0 fully saturated rings. The van der Waals surface area contributed by atoms with E-state index in [9.17, 15) is 19.2 Å². The summed E-state index contributed by atoms with van der Waals surface area (Å²) >= 11 is 0. The Morgan fingerprint density at radius 2 is 1.40 bits per heavy atom. The predicted octanol–water partition coefficient (Wildman–Crippen LogP) is 2.74. The van der Waals surface area contributed by atoms with Crippen molar-refractivity contribution in [1.29, 1.82) is 0 Å². The van der Waals surface area contributed by atoms with Crippen LogP contribution in [0, 0.1) is 13.8 Å². The Labute approximate surface area is 202 Å². The summed E-state index contributed by atoms with van der Waals surface area (Å²) in [6.07, 6.45) is 0.0904.